The summed E-state index contributed by atoms with van der Waals surface area (Å²) >= 11 is 0. The van der Waals surface area contributed by atoms with Crippen LogP contribution < -0.4 is 31.8 Å². The topological polar surface area (TPSA) is 172 Å². The van der Waals surface area contributed by atoms with E-state index in [0.29, 0.717) is 50.3 Å². The van der Waals surface area contributed by atoms with E-state index in [1.807, 2.05) is 79.7 Å². The van der Waals surface area contributed by atoms with E-state index in [4.69, 9.17) is 9.47 Å². The number of hydrazine groups is 1. The number of amides is 2. The summed E-state index contributed by atoms with van der Waals surface area (Å²) in [4.78, 5) is 77.8. The first kappa shape index (κ1) is 39.5. The lowest BCUT2D eigenvalue weighted by Gasteiger charge is -2.49. The third-order valence-corrected chi connectivity index (χ3v) is 13.2. The minimum atomic E-state index is -1.58. The Balaban J connectivity index is 1.12. The first-order valence-electron chi connectivity index (χ1n) is 20.7. The fourth-order valence-corrected chi connectivity index (χ4v) is 10.2. The summed E-state index contributed by atoms with van der Waals surface area (Å²) in [5, 5.41) is 14.7. The molecule has 1 saturated carbocycles. The molecule has 2 amide bonds. The van der Waals surface area contributed by atoms with Crippen LogP contribution in [0.15, 0.2) is 129 Å². The number of carbonyl (C=O) groups excluding carboxylic acids is 2. The fourth-order valence-electron chi connectivity index (χ4n) is 10.2. The first-order chi connectivity index (χ1) is 30.5. The monoisotopic (exact) mass is 845 g/mol. The Bertz CT molecular complexity index is 3260. The molecule has 10 rings (SSSR count). The molecule has 5 aromatic carbocycles. The highest BCUT2D eigenvalue weighted by Gasteiger charge is 2.69. The standard InChI is InChI=1S/C48H43N7O8/c1-27-14-17-30(18-15-27)50-54-43(57)34-24-37-32(41(48(34,45(54)59)29-11-6-5-7-12-29)33-19-16-28-10-8-9-13-31(28)42(33)56)20-23-53-46(60)52(47(61)55(37)53)22-21-35-44(58)51(2)38-26-40(63-4)39(62-3)25-36(38)49-35/h5-20,25-26,34,37,41,50,56H,21-24H2,1-4H3/t34-,37+,41+,48+/m0/s1. The number of imide groups is 1. The van der Waals surface area contributed by atoms with Crippen molar-refractivity contribution in [3.63, 3.8) is 0 Å². The molecule has 2 N–H and O–H groups in total. The van der Waals surface area contributed by atoms with Gasteiger partial charge in [0.25, 0.3) is 17.4 Å². The Labute approximate surface area is 359 Å². The van der Waals surface area contributed by atoms with E-state index in [0.717, 1.165) is 20.5 Å². The Morgan fingerprint density at radius 2 is 1.57 bits per heavy atom. The molecular weight excluding hydrogens is 803 g/mol. The Morgan fingerprint density at radius 3 is 2.32 bits per heavy atom. The largest absolute Gasteiger partial charge is 0.507 e. The Hall–Kier alpha value is -7.68. The minimum absolute atomic E-state index is 0.0103. The van der Waals surface area contributed by atoms with E-state index >= 15 is 9.59 Å². The zero-order valence-electron chi connectivity index (χ0n) is 34.9. The number of aryl methyl sites for hydroxylation is 3. The quantitative estimate of drug-likeness (QED) is 0.147. The van der Waals surface area contributed by atoms with Crippen LogP contribution >= 0.6 is 0 Å². The third kappa shape index (κ3) is 5.79. The van der Waals surface area contributed by atoms with Crippen molar-refractivity contribution in [3.8, 4) is 17.2 Å². The average Bonchev–Trinajstić information content (AvgIpc) is 3.67. The van der Waals surface area contributed by atoms with Gasteiger partial charge in [-0.25, -0.2) is 28.5 Å². The normalized spacial score (nSPS) is 20.3. The van der Waals surface area contributed by atoms with Gasteiger partial charge in [0.15, 0.2) is 11.5 Å². The van der Waals surface area contributed by atoms with Gasteiger partial charge < -0.3 is 19.1 Å². The van der Waals surface area contributed by atoms with Gasteiger partial charge in [-0.3, -0.25) is 19.8 Å². The predicted molar refractivity (Wildman–Crippen MR) is 235 cm³/mol. The maximum Gasteiger partial charge on any atom is 0.347 e. The number of ether oxygens (including phenoxy) is 2. The average molecular weight is 846 g/mol. The highest BCUT2D eigenvalue weighted by molar-refractivity contribution is 6.13. The number of nitrogens with zero attached hydrogens (tertiary/aromatic N) is 6. The van der Waals surface area contributed by atoms with E-state index in [9.17, 15) is 19.5 Å². The number of nitrogens with one attached hydrogen (secondary N) is 1. The van der Waals surface area contributed by atoms with Crippen LogP contribution in [0.3, 0.4) is 0 Å². The fraction of sp³-hybridized carbons (Fsp3) is 0.250. The summed E-state index contributed by atoms with van der Waals surface area (Å²) in [7, 11) is 4.61. The van der Waals surface area contributed by atoms with Gasteiger partial charge in [-0.1, -0.05) is 90.5 Å². The number of aromatic nitrogens is 5. The molecule has 63 heavy (non-hydrogen) atoms. The molecule has 4 atom stereocenters. The summed E-state index contributed by atoms with van der Waals surface area (Å²) in [6.07, 6.45) is 1.80. The van der Waals surface area contributed by atoms with Gasteiger partial charge in [-0.05, 0) is 42.0 Å². The molecule has 0 bridgehead atoms. The van der Waals surface area contributed by atoms with Crippen LogP contribution in [0.4, 0.5) is 5.69 Å². The molecule has 4 heterocycles. The van der Waals surface area contributed by atoms with Gasteiger partial charge in [-0.2, -0.15) is 5.01 Å². The van der Waals surface area contributed by atoms with Crippen molar-refractivity contribution < 1.29 is 24.2 Å². The second-order valence-electron chi connectivity index (χ2n) is 16.4. The van der Waals surface area contributed by atoms with Crippen LogP contribution in [0.5, 0.6) is 17.2 Å². The van der Waals surface area contributed by atoms with Crippen molar-refractivity contribution in [2.45, 2.75) is 50.2 Å². The number of phenolic OH excluding ortho intramolecular Hbond substituents is 1. The van der Waals surface area contributed by atoms with Crippen LogP contribution in [0, 0.1) is 12.8 Å². The molecule has 15 nitrogen and oxygen atoms in total. The molecule has 318 valence electrons. The molecule has 15 heteroatoms. The first-order valence-corrected chi connectivity index (χ1v) is 20.7. The molecule has 2 aromatic heterocycles. The molecule has 3 aliphatic rings. The lowest BCUT2D eigenvalue weighted by molar-refractivity contribution is -0.138. The van der Waals surface area contributed by atoms with Crippen LogP contribution in [0.1, 0.15) is 40.8 Å². The molecule has 0 unspecified atom stereocenters. The summed E-state index contributed by atoms with van der Waals surface area (Å²) in [6, 6.07) is 30.0. The number of hydrogen-bond donors (Lipinski definition) is 2. The van der Waals surface area contributed by atoms with Crippen molar-refractivity contribution in [1.29, 1.82) is 0 Å². The SMILES string of the molecule is COc1cc2nc(CCn3c(=O)n4n(c3=O)[C@@H]3C[C@H]5C(=O)N(Nc6ccc(C)cc6)C(=O)[C@@]5(c5ccccc5)[C@@H](c5ccc6ccccc6c5O)C3=CC4)c(=O)n(C)c2cc1OC. The number of carbonyl (C=O) groups is 2. The molecule has 1 saturated heterocycles. The molecule has 1 aliphatic carbocycles. The summed E-state index contributed by atoms with van der Waals surface area (Å²) < 4.78 is 16.1. The number of phenols is 1. The maximum atomic E-state index is 15.5. The van der Waals surface area contributed by atoms with Gasteiger partial charge in [0, 0.05) is 49.0 Å². The number of hydrogen-bond acceptors (Lipinski definition) is 10. The zero-order chi connectivity index (χ0) is 43.9. The molecule has 2 aliphatic heterocycles. The van der Waals surface area contributed by atoms with E-state index in [2.05, 4.69) is 10.4 Å². The smallest absolute Gasteiger partial charge is 0.347 e. The Kier molecular flexibility index (Phi) is 9.24. The number of allylic oxidation sites excluding steroid dienone is 2. The predicted octanol–water partition coefficient (Wildman–Crippen LogP) is 5.10. The van der Waals surface area contributed by atoms with Crippen molar-refractivity contribution >= 4 is 39.3 Å². The second kappa shape index (κ2) is 14.8. The molecule has 7 aromatic rings. The highest BCUT2D eigenvalue weighted by atomic mass is 16.5. The van der Waals surface area contributed by atoms with Gasteiger partial charge in [-0.15, -0.1) is 0 Å². The van der Waals surface area contributed by atoms with Gasteiger partial charge in [0.2, 0.25) is 0 Å². The minimum Gasteiger partial charge on any atom is -0.507 e. The van der Waals surface area contributed by atoms with E-state index < -0.39 is 52.0 Å². The number of fused-ring (bicyclic) bond motifs is 6. The molecule has 0 radical (unpaired) electrons. The molecule has 0 spiro atoms. The summed E-state index contributed by atoms with van der Waals surface area (Å²) in [5.74, 6) is -2.22. The summed E-state index contributed by atoms with van der Waals surface area (Å²) in [6.45, 7) is 1.75. The van der Waals surface area contributed by atoms with Crippen LogP contribution in [0.2, 0.25) is 0 Å². The van der Waals surface area contributed by atoms with Crippen molar-refractivity contribution in [2.24, 2.45) is 13.0 Å². The number of aromatic hydroxyl groups is 1. The maximum absolute atomic E-state index is 15.5. The second-order valence-corrected chi connectivity index (χ2v) is 16.4. The van der Waals surface area contributed by atoms with Crippen LogP contribution in [-0.4, -0.2) is 59.6 Å². The lowest BCUT2D eigenvalue weighted by atomic mass is 9.53. The van der Waals surface area contributed by atoms with Crippen molar-refractivity contribution in [3.05, 3.63) is 168 Å². The molecule has 2 fully saturated rings. The molecular formula is C48H43N7O8. The number of methoxy groups -OCH3 is 2. The van der Waals surface area contributed by atoms with E-state index in [-0.39, 0.29) is 37.4 Å². The zero-order valence-corrected chi connectivity index (χ0v) is 34.9. The van der Waals surface area contributed by atoms with Gasteiger partial charge in [0.1, 0.15) is 11.4 Å². The number of benzene rings is 5. The van der Waals surface area contributed by atoms with Crippen molar-refractivity contribution in [1.82, 2.24) is 28.5 Å². The van der Waals surface area contributed by atoms with E-state index in [1.165, 1.54) is 28.2 Å². The Morgan fingerprint density at radius 1 is 0.857 bits per heavy atom. The van der Waals surface area contributed by atoms with Gasteiger partial charge in [0.05, 0.1) is 54.9 Å². The van der Waals surface area contributed by atoms with Crippen molar-refractivity contribution in [2.75, 3.05) is 19.6 Å². The lowest BCUT2D eigenvalue weighted by Crippen LogP contribution is -2.53. The number of anilines is 1. The highest BCUT2D eigenvalue weighted by Crippen LogP contribution is 2.63. The van der Waals surface area contributed by atoms with Crippen LogP contribution in [-0.2, 0) is 41.6 Å². The van der Waals surface area contributed by atoms with Gasteiger partial charge >= 0.3 is 11.4 Å². The summed E-state index contributed by atoms with van der Waals surface area (Å²) in [5.41, 5.74) is 4.14. The third-order valence-electron chi connectivity index (χ3n) is 13.2. The number of rotatable bonds is 9. The van der Waals surface area contributed by atoms with E-state index in [1.54, 1.807) is 43.4 Å². The van der Waals surface area contributed by atoms with Crippen LogP contribution in [0.25, 0.3) is 21.8 Å².